The van der Waals surface area contributed by atoms with Crippen molar-refractivity contribution in [2.75, 3.05) is 7.05 Å². The van der Waals surface area contributed by atoms with E-state index in [0.29, 0.717) is 6.04 Å². The normalized spacial score (nSPS) is 12.9. The second-order valence-electron chi connectivity index (χ2n) is 4.46. The van der Waals surface area contributed by atoms with E-state index in [1.165, 1.54) is 16.1 Å². The van der Waals surface area contributed by atoms with Gasteiger partial charge in [0.2, 0.25) is 0 Å². The Bertz CT molecular complexity index is 544. The molecule has 0 aliphatic carbocycles. The quantitative estimate of drug-likeness (QED) is 0.933. The molecule has 5 heteroatoms. The van der Waals surface area contributed by atoms with Crippen molar-refractivity contribution in [2.45, 2.75) is 26.3 Å². The number of likely N-dealkylation sites (N-methyl/N-ethyl adjacent to an activating group) is 1. The molecule has 0 aliphatic heterocycles. The van der Waals surface area contributed by atoms with Crippen LogP contribution in [-0.2, 0) is 13.5 Å². The first-order valence-corrected chi connectivity index (χ1v) is 7.14. The maximum atomic E-state index is 6.01. The Morgan fingerprint density at radius 1 is 1.44 bits per heavy atom. The number of nitrogens with zero attached hydrogens (tertiary/aromatic N) is 2. The van der Waals surface area contributed by atoms with Crippen molar-refractivity contribution in [3.05, 3.63) is 38.3 Å². The van der Waals surface area contributed by atoms with Crippen LogP contribution in [0.15, 0.2) is 12.1 Å². The van der Waals surface area contributed by atoms with Crippen LogP contribution in [0.4, 0.5) is 0 Å². The highest BCUT2D eigenvalue weighted by molar-refractivity contribution is 7.16. The van der Waals surface area contributed by atoms with Crippen molar-refractivity contribution in [1.82, 2.24) is 15.1 Å². The van der Waals surface area contributed by atoms with E-state index >= 15 is 0 Å². The number of aryl methyl sites for hydroxylation is 2. The van der Waals surface area contributed by atoms with Crippen molar-refractivity contribution in [3.8, 4) is 0 Å². The standard InChI is InChI=1S/C13H18ClN3S/c1-8-10(9(2)17(4)16-8)7-11(15-3)12-5-6-13(14)18-12/h5-6,11,15H,7H2,1-4H3. The Hall–Kier alpha value is -0.840. The van der Waals surface area contributed by atoms with Crippen LogP contribution in [0.5, 0.6) is 0 Å². The Morgan fingerprint density at radius 2 is 2.17 bits per heavy atom. The average Bonchev–Trinajstić information content (AvgIpc) is 2.84. The maximum absolute atomic E-state index is 6.01. The summed E-state index contributed by atoms with van der Waals surface area (Å²) in [6.45, 7) is 4.18. The van der Waals surface area contributed by atoms with Gasteiger partial charge in [0.15, 0.2) is 0 Å². The Kier molecular flexibility index (Phi) is 4.10. The van der Waals surface area contributed by atoms with Crippen LogP contribution in [0.25, 0.3) is 0 Å². The van der Waals surface area contributed by atoms with E-state index in [1.54, 1.807) is 11.3 Å². The zero-order valence-electron chi connectivity index (χ0n) is 11.1. The van der Waals surface area contributed by atoms with E-state index in [2.05, 4.69) is 30.3 Å². The van der Waals surface area contributed by atoms with E-state index in [1.807, 2.05) is 24.8 Å². The summed E-state index contributed by atoms with van der Waals surface area (Å²) in [6.07, 6.45) is 0.943. The SMILES string of the molecule is CNC(Cc1c(C)nn(C)c1C)c1ccc(Cl)s1. The largest absolute Gasteiger partial charge is 0.312 e. The van der Waals surface area contributed by atoms with Crippen LogP contribution < -0.4 is 5.32 Å². The van der Waals surface area contributed by atoms with Crippen LogP contribution in [0, 0.1) is 13.8 Å². The van der Waals surface area contributed by atoms with Crippen molar-refractivity contribution < 1.29 is 0 Å². The molecule has 0 bridgehead atoms. The zero-order chi connectivity index (χ0) is 13.3. The molecule has 2 rings (SSSR count). The molecule has 1 N–H and O–H groups in total. The molecule has 1 atom stereocenters. The van der Waals surface area contributed by atoms with Gasteiger partial charge < -0.3 is 5.32 Å². The second kappa shape index (κ2) is 5.43. The Labute approximate surface area is 117 Å². The first kappa shape index (κ1) is 13.6. The van der Waals surface area contributed by atoms with Crippen LogP contribution in [0.2, 0.25) is 4.34 Å². The van der Waals surface area contributed by atoms with Crippen molar-refractivity contribution >= 4 is 22.9 Å². The third kappa shape index (κ3) is 2.60. The number of rotatable bonds is 4. The zero-order valence-corrected chi connectivity index (χ0v) is 12.7. The number of hydrogen-bond donors (Lipinski definition) is 1. The smallest absolute Gasteiger partial charge is 0.0931 e. The molecule has 1 unspecified atom stereocenters. The lowest BCUT2D eigenvalue weighted by molar-refractivity contribution is 0.598. The van der Waals surface area contributed by atoms with Crippen LogP contribution >= 0.6 is 22.9 Å². The summed E-state index contributed by atoms with van der Waals surface area (Å²) in [6, 6.07) is 4.34. The molecule has 0 amide bonds. The first-order chi connectivity index (χ1) is 8.52. The molecule has 0 fully saturated rings. The van der Waals surface area contributed by atoms with Crippen molar-refractivity contribution in [1.29, 1.82) is 0 Å². The van der Waals surface area contributed by atoms with Gasteiger partial charge in [0, 0.05) is 23.7 Å². The van der Waals surface area contributed by atoms with Crippen LogP contribution in [0.3, 0.4) is 0 Å². The van der Waals surface area contributed by atoms with Crippen molar-refractivity contribution in [2.24, 2.45) is 7.05 Å². The van der Waals surface area contributed by atoms with Crippen molar-refractivity contribution in [3.63, 3.8) is 0 Å². The fourth-order valence-corrected chi connectivity index (χ4v) is 3.35. The van der Waals surface area contributed by atoms with E-state index in [-0.39, 0.29) is 0 Å². The molecular weight excluding hydrogens is 266 g/mol. The second-order valence-corrected chi connectivity index (χ2v) is 6.21. The van der Waals surface area contributed by atoms with E-state index < -0.39 is 0 Å². The van der Waals surface area contributed by atoms with E-state index in [0.717, 1.165) is 16.5 Å². The molecule has 0 saturated carbocycles. The summed E-state index contributed by atoms with van der Waals surface area (Å²) in [7, 11) is 3.97. The van der Waals surface area contributed by atoms with Gasteiger partial charge in [-0.3, -0.25) is 4.68 Å². The third-order valence-electron chi connectivity index (χ3n) is 3.35. The summed E-state index contributed by atoms with van der Waals surface area (Å²) in [5.41, 5.74) is 3.66. The topological polar surface area (TPSA) is 29.9 Å². The minimum atomic E-state index is 0.295. The molecule has 2 aromatic rings. The predicted octanol–water partition coefficient (Wildman–Crippen LogP) is 3.26. The van der Waals surface area contributed by atoms with Gasteiger partial charge in [-0.15, -0.1) is 11.3 Å². The van der Waals surface area contributed by atoms with E-state index in [4.69, 9.17) is 11.6 Å². The summed E-state index contributed by atoms with van der Waals surface area (Å²) in [5, 5.41) is 7.82. The summed E-state index contributed by atoms with van der Waals surface area (Å²) in [5.74, 6) is 0. The van der Waals surface area contributed by atoms with Gasteiger partial charge in [-0.25, -0.2) is 0 Å². The lowest BCUT2D eigenvalue weighted by Crippen LogP contribution is -2.18. The molecule has 3 nitrogen and oxygen atoms in total. The van der Waals surface area contributed by atoms with Gasteiger partial charge in [-0.05, 0) is 45.0 Å². The molecular formula is C13H18ClN3S. The van der Waals surface area contributed by atoms with Gasteiger partial charge >= 0.3 is 0 Å². The van der Waals surface area contributed by atoms with Gasteiger partial charge in [0.25, 0.3) is 0 Å². The Balaban J connectivity index is 2.25. The third-order valence-corrected chi connectivity index (χ3v) is 4.70. The number of nitrogens with one attached hydrogen (secondary N) is 1. The molecule has 0 aromatic carbocycles. The average molecular weight is 284 g/mol. The number of hydrogen-bond acceptors (Lipinski definition) is 3. The molecule has 2 aromatic heterocycles. The highest BCUT2D eigenvalue weighted by Gasteiger charge is 2.17. The fourth-order valence-electron chi connectivity index (χ4n) is 2.18. The minimum absolute atomic E-state index is 0.295. The highest BCUT2D eigenvalue weighted by atomic mass is 35.5. The first-order valence-electron chi connectivity index (χ1n) is 5.94. The van der Waals surface area contributed by atoms with Crippen LogP contribution in [0.1, 0.15) is 27.9 Å². The lowest BCUT2D eigenvalue weighted by Gasteiger charge is -2.14. The molecule has 2 heterocycles. The molecule has 0 saturated heterocycles. The molecule has 18 heavy (non-hydrogen) atoms. The minimum Gasteiger partial charge on any atom is -0.312 e. The monoisotopic (exact) mass is 283 g/mol. The summed E-state index contributed by atoms with van der Waals surface area (Å²) < 4.78 is 2.78. The number of thiophene rings is 1. The van der Waals surface area contributed by atoms with Crippen LogP contribution in [-0.4, -0.2) is 16.8 Å². The Morgan fingerprint density at radius 3 is 2.61 bits per heavy atom. The molecule has 98 valence electrons. The van der Waals surface area contributed by atoms with Gasteiger partial charge in [0.1, 0.15) is 0 Å². The van der Waals surface area contributed by atoms with E-state index in [9.17, 15) is 0 Å². The fraction of sp³-hybridized carbons (Fsp3) is 0.462. The summed E-state index contributed by atoms with van der Waals surface area (Å²) >= 11 is 7.64. The van der Waals surface area contributed by atoms with Gasteiger partial charge in [-0.1, -0.05) is 11.6 Å². The van der Waals surface area contributed by atoms with Gasteiger partial charge in [0.05, 0.1) is 10.0 Å². The summed E-state index contributed by atoms with van der Waals surface area (Å²) in [4.78, 5) is 1.27. The molecule has 0 spiro atoms. The molecule has 0 radical (unpaired) electrons. The lowest BCUT2D eigenvalue weighted by atomic mass is 10.0. The maximum Gasteiger partial charge on any atom is 0.0931 e. The molecule has 0 aliphatic rings. The number of aromatic nitrogens is 2. The predicted molar refractivity (Wildman–Crippen MR) is 77.5 cm³/mol. The van der Waals surface area contributed by atoms with Gasteiger partial charge in [-0.2, -0.15) is 5.10 Å². The highest BCUT2D eigenvalue weighted by Crippen LogP contribution is 2.30. The number of halogens is 1.